The number of carbonyl (C=O) groups excluding carboxylic acids is 1. The number of ether oxygens (including phenoxy) is 1. The number of nitrogens with zero attached hydrogens (tertiary/aromatic N) is 5. The summed E-state index contributed by atoms with van der Waals surface area (Å²) in [5.74, 6) is 0.539. The van der Waals surface area contributed by atoms with Crippen LogP contribution in [0.3, 0.4) is 0 Å². The molecule has 0 aliphatic carbocycles. The van der Waals surface area contributed by atoms with E-state index in [2.05, 4.69) is 9.98 Å². The van der Waals surface area contributed by atoms with Crippen molar-refractivity contribution in [1.82, 2.24) is 14.8 Å². The molecule has 122 valence electrons. The van der Waals surface area contributed by atoms with Crippen LogP contribution in [-0.2, 0) is 4.74 Å². The van der Waals surface area contributed by atoms with E-state index < -0.39 is 5.60 Å². The van der Waals surface area contributed by atoms with Gasteiger partial charge in [-0.05, 0) is 32.9 Å². The first-order valence-corrected chi connectivity index (χ1v) is 7.52. The molecular formula is C16H21N5O2. The first kappa shape index (κ1) is 16.7. The van der Waals surface area contributed by atoms with Crippen LogP contribution in [0.1, 0.15) is 26.5 Å². The second kappa shape index (κ2) is 7.09. The second-order valence-electron chi connectivity index (χ2n) is 6.20. The van der Waals surface area contributed by atoms with Gasteiger partial charge in [-0.15, -0.1) is 0 Å². The minimum atomic E-state index is -0.504. The van der Waals surface area contributed by atoms with E-state index in [9.17, 15) is 4.79 Å². The molecule has 0 atom stereocenters. The predicted octanol–water partition coefficient (Wildman–Crippen LogP) is 1.86. The van der Waals surface area contributed by atoms with Crippen LogP contribution in [0.4, 0.5) is 4.79 Å². The fourth-order valence-corrected chi connectivity index (χ4v) is 2.26. The number of piperazine rings is 1. The highest BCUT2D eigenvalue weighted by molar-refractivity contribution is 5.97. The van der Waals surface area contributed by atoms with E-state index in [1.165, 1.54) is 0 Å². The summed E-state index contributed by atoms with van der Waals surface area (Å²) in [4.78, 5) is 23.9. The topological polar surface area (TPSA) is 81.8 Å². The standard InChI is InChI=1S/C16H21N5O2/c1-16(2,3)23-15(22)21-10-8-20(9-11-21)14(19-12-17)13-6-4-5-7-18-13/h4-7H,8-11H2,1-3H3/b19-14+. The van der Waals surface area contributed by atoms with Crippen molar-refractivity contribution < 1.29 is 9.53 Å². The Morgan fingerprint density at radius 2 is 1.91 bits per heavy atom. The van der Waals surface area contributed by atoms with E-state index in [1.54, 1.807) is 11.1 Å². The maximum atomic E-state index is 12.1. The van der Waals surface area contributed by atoms with Crippen LogP contribution in [0.5, 0.6) is 0 Å². The lowest BCUT2D eigenvalue weighted by Crippen LogP contribution is -2.51. The van der Waals surface area contributed by atoms with Gasteiger partial charge >= 0.3 is 6.09 Å². The van der Waals surface area contributed by atoms with Gasteiger partial charge in [0.05, 0.1) is 0 Å². The van der Waals surface area contributed by atoms with Crippen molar-refractivity contribution in [3.05, 3.63) is 30.1 Å². The van der Waals surface area contributed by atoms with Gasteiger partial charge in [-0.1, -0.05) is 6.07 Å². The van der Waals surface area contributed by atoms with Crippen LogP contribution in [0.25, 0.3) is 0 Å². The summed E-state index contributed by atoms with van der Waals surface area (Å²) in [6.45, 7) is 7.74. The van der Waals surface area contributed by atoms with Gasteiger partial charge in [0.25, 0.3) is 0 Å². The molecule has 1 aromatic heterocycles. The number of hydrogen-bond donors (Lipinski definition) is 0. The summed E-state index contributed by atoms with van der Waals surface area (Å²) in [5, 5.41) is 8.92. The Hall–Kier alpha value is -2.62. The first-order chi connectivity index (χ1) is 10.9. The first-order valence-electron chi connectivity index (χ1n) is 7.52. The van der Waals surface area contributed by atoms with Crippen LogP contribution in [0.15, 0.2) is 29.4 Å². The predicted molar refractivity (Wildman–Crippen MR) is 85.8 cm³/mol. The zero-order valence-corrected chi connectivity index (χ0v) is 13.7. The number of carbonyl (C=O) groups is 1. The van der Waals surface area contributed by atoms with Crippen molar-refractivity contribution in [1.29, 1.82) is 5.26 Å². The number of aromatic nitrogens is 1. The van der Waals surface area contributed by atoms with Gasteiger partial charge < -0.3 is 14.5 Å². The molecule has 0 N–H and O–H groups in total. The zero-order valence-electron chi connectivity index (χ0n) is 13.7. The SMILES string of the molecule is CC(C)(C)OC(=O)N1CCN(/C(=N/C#N)c2ccccn2)CC1. The normalized spacial score (nSPS) is 16.0. The number of amides is 1. The molecule has 2 rings (SSSR count). The van der Waals surface area contributed by atoms with Crippen LogP contribution in [0, 0.1) is 11.5 Å². The van der Waals surface area contributed by atoms with Crippen molar-refractivity contribution in [2.75, 3.05) is 26.2 Å². The summed E-state index contributed by atoms with van der Waals surface area (Å²) in [6.07, 6.45) is 3.18. The van der Waals surface area contributed by atoms with Gasteiger partial charge in [-0.25, -0.2) is 4.79 Å². The highest BCUT2D eigenvalue weighted by atomic mass is 16.6. The minimum absolute atomic E-state index is 0.311. The lowest BCUT2D eigenvalue weighted by Gasteiger charge is -2.36. The maximum Gasteiger partial charge on any atom is 0.410 e. The van der Waals surface area contributed by atoms with E-state index in [0.717, 1.165) is 0 Å². The van der Waals surface area contributed by atoms with E-state index in [0.29, 0.717) is 37.7 Å². The number of rotatable bonds is 1. The number of amidine groups is 1. The maximum absolute atomic E-state index is 12.1. The molecule has 7 heteroatoms. The molecule has 1 aliphatic rings. The van der Waals surface area contributed by atoms with Crippen LogP contribution in [0.2, 0.25) is 0 Å². The molecule has 0 saturated carbocycles. The molecule has 1 saturated heterocycles. The van der Waals surface area contributed by atoms with Gasteiger partial charge in [-0.3, -0.25) is 4.98 Å². The third-order valence-electron chi connectivity index (χ3n) is 3.28. The molecule has 1 aliphatic heterocycles. The fourth-order valence-electron chi connectivity index (χ4n) is 2.26. The molecule has 0 spiro atoms. The Bertz CT molecular complexity index is 608. The molecule has 7 nitrogen and oxygen atoms in total. The number of nitriles is 1. The Labute approximate surface area is 136 Å². The smallest absolute Gasteiger partial charge is 0.410 e. The van der Waals surface area contributed by atoms with E-state index in [-0.39, 0.29) is 6.09 Å². The Balaban J connectivity index is 2.02. The third kappa shape index (κ3) is 4.68. The fraction of sp³-hybridized carbons (Fsp3) is 0.500. The summed E-state index contributed by atoms with van der Waals surface area (Å²) in [7, 11) is 0. The summed E-state index contributed by atoms with van der Waals surface area (Å²) >= 11 is 0. The van der Waals surface area contributed by atoms with Crippen LogP contribution < -0.4 is 0 Å². The molecular weight excluding hydrogens is 294 g/mol. The van der Waals surface area contributed by atoms with Crippen molar-refractivity contribution in [3.63, 3.8) is 0 Å². The van der Waals surface area contributed by atoms with Gasteiger partial charge in [0.1, 0.15) is 11.3 Å². The monoisotopic (exact) mass is 315 g/mol. The quantitative estimate of drug-likeness (QED) is 0.449. The van der Waals surface area contributed by atoms with E-state index in [4.69, 9.17) is 10.00 Å². The Morgan fingerprint density at radius 3 is 2.43 bits per heavy atom. The van der Waals surface area contributed by atoms with Crippen LogP contribution in [-0.4, -0.2) is 58.5 Å². The number of pyridine rings is 1. The molecule has 23 heavy (non-hydrogen) atoms. The van der Waals surface area contributed by atoms with Crippen molar-refractivity contribution in [2.45, 2.75) is 26.4 Å². The molecule has 0 unspecified atom stereocenters. The molecule has 0 bridgehead atoms. The molecule has 1 amide bonds. The second-order valence-corrected chi connectivity index (χ2v) is 6.20. The molecule has 1 aromatic rings. The molecule has 2 heterocycles. The van der Waals surface area contributed by atoms with Gasteiger partial charge in [0.2, 0.25) is 6.19 Å². The Kier molecular flexibility index (Phi) is 5.16. The van der Waals surface area contributed by atoms with Crippen molar-refractivity contribution in [2.24, 2.45) is 4.99 Å². The average molecular weight is 315 g/mol. The third-order valence-corrected chi connectivity index (χ3v) is 3.28. The largest absolute Gasteiger partial charge is 0.444 e. The summed E-state index contributed by atoms with van der Waals surface area (Å²) in [6, 6.07) is 5.48. The lowest BCUT2D eigenvalue weighted by atomic mass is 10.2. The number of aliphatic imine (C=N–C) groups is 1. The summed E-state index contributed by atoms with van der Waals surface area (Å²) < 4.78 is 5.38. The number of hydrogen-bond acceptors (Lipinski definition) is 5. The highest BCUT2D eigenvalue weighted by Crippen LogP contribution is 2.13. The zero-order chi connectivity index (χ0) is 16.9. The van der Waals surface area contributed by atoms with Crippen molar-refractivity contribution in [3.8, 4) is 6.19 Å². The van der Waals surface area contributed by atoms with Crippen LogP contribution >= 0.6 is 0 Å². The molecule has 1 fully saturated rings. The summed E-state index contributed by atoms with van der Waals surface area (Å²) in [5.41, 5.74) is 0.148. The minimum Gasteiger partial charge on any atom is -0.444 e. The van der Waals surface area contributed by atoms with E-state index in [1.807, 2.05) is 50.1 Å². The van der Waals surface area contributed by atoms with Gasteiger partial charge in [0, 0.05) is 32.4 Å². The lowest BCUT2D eigenvalue weighted by molar-refractivity contribution is 0.0187. The molecule has 0 radical (unpaired) electrons. The highest BCUT2D eigenvalue weighted by Gasteiger charge is 2.27. The average Bonchev–Trinajstić information content (AvgIpc) is 2.52. The van der Waals surface area contributed by atoms with Gasteiger partial charge in [0.15, 0.2) is 5.84 Å². The van der Waals surface area contributed by atoms with Gasteiger partial charge in [-0.2, -0.15) is 10.3 Å². The van der Waals surface area contributed by atoms with E-state index >= 15 is 0 Å². The van der Waals surface area contributed by atoms with Crippen molar-refractivity contribution >= 4 is 11.9 Å². The Morgan fingerprint density at radius 1 is 1.26 bits per heavy atom. The molecule has 0 aromatic carbocycles.